The number of nitrogens with one attached hydrogen (secondary N) is 1. The van der Waals surface area contributed by atoms with Gasteiger partial charge in [-0.2, -0.15) is 0 Å². The maximum absolute atomic E-state index is 4.76. The maximum atomic E-state index is 4.76. The van der Waals surface area contributed by atoms with Gasteiger partial charge >= 0.3 is 0 Å². The van der Waals surface area contributed by atoms with Gasteiger partial charge in [0.05, 0.1) is 17.3 Å². The molecule has 4 nitrogen and oxygen atoms in total. The third-order valence-electron chi connectivity index (χ3n) is 3.69. The molecule has 118 valence electrons. The summed E-state index contributed by atoms with van der Waals surface area (Å²) < 4.78 is 0. The average Bonchev–Trinajstić information content (AvgIpc) is 2.97. The van der Waals surface area contributed by atoms with E-state index in [0.717, 1.165) is 34.0 Å². The van der Waals surface area contributed by atoms with E-state index in [4.69, 9.17) is 9.97 Å². The number of benzene rings is 1. The fourth-order valence-electron chi connectivity index (χ4n) is 2.61. The highest BCUT2D eigenvalue weighted by Crippen LogP contribution is 2.30. The zero-order valence-corrected chi connectivity index (χ0v) is 14.0. The summed E-state index contributed by atoms with van der Waals surface area (Å²) in [5.41, 5.74) is 2.13. The lowest BCUT2D eigenvalue weighted by Gasteiger charge is -2.08. The highest BCUT2D eigenvalue weighted by Gasteiger charge is 2.11. The quantitative estimate of drug-likeness (QED) is 0.587. The van der Waals surface area contributed by atoms with Gasteiger partial charge in [0.25, 0.3) is 0 Å². The van der Waals surface area contributed by atoms with Gasteiger partial charge in [0.2, 0.25) is 0 Å². The number of aryl methyl sites for hydroxylation is 1. The third-order valence-corrected chi connectivity index (χ3v) is 4.64. The van der Waals surface area contributed by atoms with Gasteiger partial charge in [-0.3, -0.25) is 4.98 Å². The number of thiophene rings is 1. The first-order valence-corrected chi connectivity index (χ1v) is 8.57. The minimum absolute atomic E-state index is 0.718. The van der Waals surface area contributed by atoms with E-state index in [1.807, 2.05) is 30.3 Å². The summed E-state index contributed by atoms with van der Waals surface area (Å²) in [6, 6.07) is 16.3. The van der Waals surface area contributed by atoms with Crippen molar-refractivity contribution in [2.75, 3.05) is 5.32 Å². The molecule has 0 atom stereocenters. The van der Waals surface area contributed by atoms with Gasteiger partial charge in [-0.1, -0.05) is 30.3 Å². The zero-order chi connectivity index (χ0) is 16.4. The number of fused-ring (bicyclic) bond motifs is 1. The fourth-order valence-corrected chi connectivity index (χ4v) is 3.51. The van der Waals surface area contributed by atoms with E-state index >= 15 is 0 Å². The van der Waals surface area contributed by atoms with E-state index in [-0.39, 0.29) is 0 Å². The van der Waals surface area contributed by atoms with Crippen LogP contribution in [0.5, 0.6) is 0 Å². The standard InChI is InChI=1S/C19H16N4S/c1-13-10-16-18(21-15-8-5-9-20-12-15)22-17(23-19(16)24-13)11-14-6-3-2-4-7-14/h2-10,12H,11H2,1H3,(H,21,22,23). The SMILES string of the molecule is Cc1cc2c(Nc3cccnc3)nc(Cc3ccccc3)nc2s1. The van der Waals surface area contributed by atoms with Crippen molar-refractivity contribution >= 4 is 33.1 Å². The van der Waals surface area contributed by atoms with Crippen molar-refractivity contribution in [1.82, 2.24) is 15.0 Å². The fraction of sp³-hybridized carbons (Fsp3) is 0.105. The third kappa shape index (κ3) is 3.12. The molecule has 3 aromatic heterocycles. The first-order chi connectivity index (χ1) is 11.8. The minimum Gasteiger partial charge on any atom is -0.338 e. The molecule has 0 fully saturated rings. The van der Waals surface area contributed by atoms with Crippen LogP contribution in [0.15, 0.2) is 60.9 Å². The van der Waals surface area contributed by atoms with Gasteiger partial charge in [0, 0.05) is 17.5 Å². The van der Waals surface area contributed by atoms with Gasteiger partial charge in [0.15, 0.2) is 0 Å². The van der Waals surface area contributed by atoms with Crippen molar-refractivity contribution in [3.8, 4) is 0 Å². The molecule has 4 aromatic rings. The monoisotopic (exact) mass is 332 g/mol. The second kappa shape index (κ2) is 6.37. The van der Waals surface area contributed by atoms with Crippen LogP contribution >= 0.6 is 11.3 Å². The van der Waals surface area contributed by atoms with E-state index in [2.05, 4.69) is 35.4 Å². The van der Waals surface area contributed by atoms with Gasteiger partial charge in [-0.15, -0.1) is 11.3 Å². The summed E-state index contributed by atoms with van der Waals surface area (Å²) in [4.78, 5) is 15.9. The smallest absolute Gasteiger partial charge is 0.142 e. The number of hydrogen-bond acceptors (Lipinski definition) is 5. The van der Waals surface area contributed by atoms with E-state index in [1.54, 1.807) is 23.7 Å². The molecule has 0 saturated heterocycles. The first kappa shape index (κ1) is 14.8. The van der Waals surface area contributed by atoms with Crippen molar-refractivity contribution < 1.29 is 0 Å². The van der Waals surface area contributed by atoms with Crippen LogP contribution in [0.25, 0.3) is 10.2 Å². The lowest BCUT2D eigenvalue weighted by molar-refractivity contribution is 0.999. The van der Waals surface area contributed by atoms with Crippen LogP contribution in [0.2, 0.25) is 0 Å². The van der Waals surface area contributed by atoms with Gasteiger partial charge in [0.1, 0.15) is 16.5 Å². The number of hydrogen-bond donors (Lipinski definition) is 1. The summed E-state index contributed by atoms with van der Waals surface area (Å²) in [5, 5.41) is 4.43. The molecular formula is C19H16N4S. The Labute approximate surface area is 144 Å². The van der Waals surface area contributed by atoms with E-state index < -0.39 is 0 Å². The molecule has 0 saturated carbocycles. The van der Waals surface area contributed by atoms with Crippen molar-refractivity contribution in [2.45, 2.75) is 13.3 Å². The van der Waals surface area contributed by atoms with Crippen LogP contribution in [0, 0.1) is 6.92 Å². The van der Waals surface area contributed by atoms with Crippen LogP contribution in [0.1, 0.15) is 16.3 Å². The highest BCUT2D eigenvalue weighted by molar-refractivity contribution is 7.18. The van der Waals surface area contributed by atoms with E-state index in [1.165, 1.54) is 10.4 Å². The van der Waals surface area contributed by atoms with E-state index in [9.17, 15) is 0 Å². The van der Waals surface area contributed by atoms with Crippen molar-refractivity contribution in [3.05, 3.63) is 77.2 Å². The molecule has 0 bridgehead atoms. The minimum atomic E-state index is 0.718. The Morgan fingerprint density at radius 2 is 1.92 bits per heavy atom. The highest BCUT2D eigenvalue weighted by atomic mass is 32.1. The Hall–Kier alpha value is -2.79. The average molecular weight is 332 g/mol. The molecule has 5 heteroatoms. The predicted molar refractivity (Wildman–Crippen MR) is 98.9 cm³/mol. The predicted octanol–water partition coefficient (Wildman–Crippen LogP) is 4.73. The Morgan fingerprint density at radius 3 is 2.71 bits per heavy atom. The van der Waals surface area contributed by atoms with Crippen LogP contribution in [-0.4, -0.2) is 15.0 Å². The second-order valence-corrected chi connectivity index (χ2v) is 6.83. The van der Waals surface area contributed by atoms with Gasteiger partial charge in [-0.05, 0) is 30.7 Å². The molecule has 0 amide bonds. The van der Waals surface area contributed by atoms with Crippen LogP contribution in [0.4, 0.5) is 11.5 Å². The molecule has 0 aliphatic rings. The van der Waals surface area contributed by atoms with Crippen LogP contribution in [-0.2, 0) is 6.42 Å². The molecular weight excluding hydrogens is 316 g/mol. The zero-order valence-electron chi connectivity index (χ0n) is 13.2. The Kier molecular flexibility index (Phi) is 3.92. The molecule has 0 radical (unpaired) electrons. The summed E-state index contributed by atoms with van der Waals surface area (Å²) in [6.07, 6.45) is 4.27. The number of rotatable bonds is 4. The Bertz CT molecular complexity index is 965. The number of nitrogens with zero attached hydrogens (tertiary/aromatic N) is 3. The van der Waals surface area contributed by atoms with Crippen molar-refractivity contribution in [1.29, 1.82) is 0 Å². The lowest BCUT2D eigenvalue weighted by atomic mass is 10.1. The largest absolute Gasteiger partial charge is 0.338 e. The molecule has 0 spiro atoms. The summed E-state index contributed by atoms with van der Waals surface area (Å²) in [5.74, 6) is 1.66. The van der Waals surface area contributed by atoms with Crippen molar-refractivity contribution in [2.24, 2.45) is 0 Å². The first-order valence-electron chi connectivity index (χ1n) is 7.76. The number of pyridine rings is 1. The summed E-state index contributed by atoms with van der Waals surface area (Å²) >= 11 is 1.69. The van der Waals surface area contributed by atoms with Gasteiger partial charge in [-0.25, -0.2) is 9.97 Å². The molecule has 3 heterocycles. The van der Waals surface area contributed by atoms with Crippen molar-refractivity contribution in [3.63, 3.8) is 0 Å². The lowest BCUT2D eigenvalue weighted by Crippen LogP contribution is -2.01. The van der Waals surface area contributed by atoms with Crippen LogP contribution < -0.4 is 5.32 Å². The number of anilines is 2. The molecule has 0 unspecified atom stereocenters. The van der Waals surface area contributed by atoms with Crippen LogP contribution in [0.3, 0.4) is 0 Å². The van der Waals surface area contributed by atoms with Gasteiger partial charge < -0.3 is 5.32 Å². The molecule has 4 rings (SSSR count). The molecule has 0 aliphatic carbocycles. The molecule has 0 aliphatic heterocycles. The Balaban J connectivity index is 1.76. The molecule has 1 N–H and O–H groups in total. The summed E-state index contributed by atoms with van der Waals surface area (Å²) in [6.45, 7) is 2.09. The topological polar surface area (TPSA) is 50.7 Å². The summed E-state index contributed by atoms with van der Waals surface area (Å²) in [7, 11) is 0. The molecule has 1 aromatic carbocycles. The molecule has 24 heavy (non-hydrogen) atoms. The van der Waals surface area contributed by atoms with E-state index in [0.29, 0.717) is 0 Å². The number of aromatic nitrogens is 3. The maximum Gasteiger partial charge on any atom is 0.142 e. The second-order valence-electron chi connectivity index (χ2n) is 5.59. The normalized spacial score (nSPS) is 10.9. The Morgan fingerprint density at radius 1 is 1.04 bits per heavy atom.